The van der Waals surface area contributed by atoms with Crippen LogP contribution in [-0.4, -0.2) is 5.84 Å². The van der Waals surface area contributed by atoms with Gasteiger partial charge in [0.2, 0.25) is 0 Å². The van der Waals surface area contributed by atoms with E-state index in [1.54, 1.807) is 0 Å². The molecule has 0 aliphatic heterocycles. The third-order valence-electron chi connectivity index (χ3n) is 2.81. The molecule has 1 aliphatic rings. The van der Waals surface area contributed by atoms with Crippen LogP contribution in [0.4, 0.5) is 0 Å². The topological polar surface area (TPSA) is 38.4 Å². The average Bonchev–Trinajstić information content (AvgIpc) is 2.38. The molecule has 20 heavy (non-hydrogen) atoms. The Morgan fingerprint density at radius 2 is 2.00 bits per heavy atom. The molecule has 2 unspecified atom stereocenters. The van der Waals surface area contributed by atoms with E-state index < -0.39 is 0 Å². The van der Waals surface area contributed by atoms with E-state index >= 15 is 0 Å². The summed E-state index contributed by atoms with van der Waals surface area (Å²) in [7, 11) is 0. The van der Waals surface area contributed by atoms with Gasteiger partial charge in [-0.3, -0.25) is 11.6 Å². The van der Waals surface area contributed by atoms with Crippen molar-refractivity contribution in [3.63, 3.8) is 0 Å². The Morgan fingerprint density at radius 3 is 2.55 bits per heavy atom. The predicted octanol–water partition coefficient (Wildman–Crippen LogP) is 2.75. The first-order valence-corrected chi connectivity index (χ1v) is 5.86. The average molecular weight is 509 g/mol. The van der Waals surface area contributed by atoms with Crippen LogP contribution < -0.4 is 5.73 Å². The van der Waals surface area contributed by atoms with Crippen LogP contribution in [0.15, 0.2) is 53.6 Å². The van der Waals surface area contributed by atoms with E-state index in [0.717, 1.165) is 11.6 Å². The quantitative estimate of drug-likeness (QED) is 0.380. The molecule has 1 aromatic carbocycles. The summed E-state index contributed by atoms with van der Waals surface area (Å²) in [6.07, 6.45) is 8.14. The first-order chi connectivity index (χ1) is 8.68. The molecular formula is C16H16N2WY-2. The number of hydrogen-bond donors (Lipinski definition) is 1. The van der Waals surface area contributed by atoms with Gasteiger partial charge in [0.1, 0.15) is 0 Å². The van der Waals surface area contributed by atoms with Crippen molar-refractivity contribution in [3.05, 3.63) is 80.1 Å². The van der Waals surface area contributed by atoms with E-state index in [4.69, 9.17) is 5.73 Å². The van der Waals surface area contributed by atoms with E-state index in [1.807, 2.05) is 36.4 Å². The van der Waals surface area contributed by atoms with Gasteiger partial charge in [-0.15, -0.1) is 18.2 Å². The molecule has 2 nitrogen and oxygen atoms in total. The maximum absolute atomic E-state index is 5.62. The van der Waals surface area contributed by atoms with Crippen molar-refractivity contribution in [2.75, 3.05) is 0 Å². The summed E-state index contributed by atoms with van der Waals surface area (Å²) in [6, 6.07) is 11.8. The molecule has 0 bridgehead atoms. The predicted molar refractivity (Wildman–Crippen MR) is 75.2 cm³/mol. The Bertz CT molecular complexity index is 479. The molecule has 2 N–H and O–H groups in total. The summed E-state index contributed by atoms with van der Waals surface area (Å²) >= 11 is 0. The number of nitrogens with two attached hydrogens (primary N) is 1. The molecule has 1 aliphatic carbocycles. The number of amidine groups is 1. The Hall–Kier alpha value is -0.298. The minimum absolute atomic E-state index is 0. The molecule has 101 valence electrons. The third kappa shape index (κ3) is 5.24. The molecule has 1 aromatic rings. The Kier molecular flexibility index (Phi) is 9.46. The molecule has 2 rings (SSSR count). The molecule has 2 atom stereocenters. The third-order valence-corrected chi connectivity index (χ3v) is 2.81. The number of hydrogen-bond acceptors (Lipinski definition) is 1. The van der Waals surface area contributed by atoms with Crippen molar-refractivity contribution in [3.8, 4) is 0 Å². The first-order valence-electron chi connectivity index (χ1n) is 5.86. The maximum Gasteiger partial charge on any atom is 2.00 e. The normalized spacial score (nSPS) is 20.8. The Labute approximate surface area is 161 Å². The molecule has 1 radical (unpaired) electrons. The van der Waals surface area contributed by atoms with Crippen LogP contribution in [-0.2, 0) is 53.8 Å². The Morgan fingerprint density at radius 1 is 1.30 bits per heavy atom. The van der Waals surface area contributed by atoms with Crippen LogP contribution in [0.5, 0.6) is 0 Å². The number of nitrogens with zero attached hydrogens (tertiary/aromatic N) is 1. The van der Waals surface area contributed by atoms with Gasteiger partial charge in [0.15, 0.2) is 0 Å². The van der Waals surface area contributed by atoms with Crippen LogP contribution in [0.3, 0.4) is 0 Å². The van der Waals surface area contributed by atoms with Gasteiger partial charge in [-0.1, -0.05) is 30.2 Å². The summed E-state index contributed by atoms with van der Waals surface area (Å²) in [5, 5.41) is 0. The minimum atomic E-state index is 0. The number of benzene rings is 1. The molecule has 0 saturated carbocycles. The Balaban J connectivity index is 0.00000180. The fraction of sp³-hybridized carbons (Fsp3) is 0.125. The summed E-state index contributed by atoms with van der Waals surface area (Å²) in [5.74, 6) is 0.549. The van der Waals surface area contributed by atoms with Crippen LogP contribution >= 0.6 is 0 Å². The molecule has 0 saturated heterocycles. The molecule has 0 spiro atoms. The minimum Gasteiger partial charge on any atom is -0.490 e. The van der Waals surface area contributed by atoms with Gasteiger partial charge in [0, 0.05) is 32.7 Å². The molecule has 0 fully saturated rings. The second-order valence-corrected chi connectivity index (χ2v) is 4.22. The fourth-order valence-corrected chi connectivity index (χ4v) is 1.97. The van der Waals surface area contributed by atoms with Crippen molar-refractivity contribution < 1.29 is 53.8 Å². The fourth-order valence-electron chi connectivity index (χ4n) is 1.97. The van der Waals surface area contributed by atoms with Gasteiger partial charge in [-0.05, 0) is 0 Å². The zero-order valence-corrected chi connectivity index (χ0v) is 17.0. The summed E-state index contributed by atoms with van der Waals surface area (Å²) in [4.78, 5) is 4.36. The van der Waals surface area contributed by atoms with E-state index in [9.17, 15) is 0 Å². The van der Waals surface area contributed by atoms with Crippen LogP contribution in [0, 0.1) is 37.8 Å². The SMILES string of the molecule is [CH2-]C(N)=N[C-](c1[c-]cccc1)C1C=CC=CC1[CH2-].[W+2].[Y]. The molecule has 0 amide bonds. The van der Waals surface area contributed by atoms with Crippen molar-refractivity contribution in [1.29, 1.82) is 0 Å². The van der Waals surface area contributed by atoms with Crippen LogP contribution in [0.2, 0.25) is 0 Å². The van der Waals surface area contributed by atoms with Crippen LogP contribution in [0.25, 0.3) is 0 Å². The van der Waals surface area contributed by atoms with E-state index in [0.29, 0.717) is 5.84 Å². The number of aliphatic imine (C=N–C) groups is 1. The van der Waals surface area contributed by atoms with Gasteiger partial charge < -0.3 is 24.6 Å². The van der Waals surface area contributed by atoms with Gasteiger partial charge in [0.25, 0.3) is 0 Å². The van der Waals surface area contributed by atoms with Crippen molar-refractivity contribution >= 4 is 5.84 Å². The number of rotatable bonds is 3. The standard InChI is InChI=1S/C16H16N2.W.Y/c1-12-8-6-7-11-15(12)16(18-13(2)17)14-9-4-3-5-10-14;;/h3-9,11-12,15H,1-2H2,(H2,17,18);;/q-4;+2;. The molecule has 4 heteroatoms. The van der Waals surface area contributed by atoms with Crippen LogP contribution in [0.1, 0.15) is 5.56 Å². The van der Waals surface area contributed by atoms with Gasteiger partial charge in [-0.25, -0.2) is 11.9 Å². The van der Waals surface area contributed by atoms with Crippen molar-refractivity contribution in [2.24, 2.45) is 22.6 Å². The summed E-state index contributed by atoms with van der Waals surface area (Å²) < 4.78 is 0. The van der Waals surface area contributed by atoms with Gasteiger partial charge in [-0.2, -0.15) is 12.0 Å². The van der Waals surface area contributed by atoms with Crippen molar-refractivity contribution in [1.82, 2.24) is 0 Å². The van der Waals surface area contributed by atoms with E-state index in [2.05, 4.69) is 37.1 Å². The molecular weight excluding hydrogens is 493 g/mol. The van der Waals surface area contributed by atoms with Gasteiger partial charge in [0.05, 0.1) is 0 Å². The number of allylic oxidation sites excluding steroid dienone is 3. The molecule has 0 heterocycles. The van der Waals surface area contributed by atoms with E-state index in [1.165, 1.54) is 0 Å². The second kappa shape index (κ2) is 9.60. The summed E-state index contributed by atoms with van der Waals surface area (Å²) in [5.41, 5.74) is 6.56. The first kappa shape index (κ1) is 19.7. The summed E-state index contributed by atoms with van der Waals surface area (Å²) in [6.45, 7) is 7.78. The monoisotopic (exact) mass is 509 g/mol. The second-order valence-electron chi connectivity index (χ2n) is 4.22. The largest absolute Gasteiger partial charge is 2.00 e. The zero-order chi connectivity index (χ0) is 13.0. The van der Waals surface area contributed by atoms with Gasteiger partial charge >= 0.3 is 21.1 Å². The van der Waals surface area contributed by atoms with Crippen molar-refractivity contribution in [2.45, 2.75) is 0 Å². The van der Waals surface area contributed by atoms with E-state index in [-0.39, 0.29) is 65.6 Å². The smallest absolute Gasteiger partial charge is 0.490 e. The molecule has 0 aromatic heterocycles. The maximum atomic E-state index is 5.62. The zero-order valence-electron chi connectivity index (χ0n) is 11.2.